The van der Waals surface area contributed by atoms with Crippen molar-refractivity contribution >= 4 is 6.09 Å². The molecule has 0 spiro atoms. The Kier molecular flexibility index (Phi) is 4.88. The molecule has 2 N–H and O–H groups in total. The van der Waals surface area contributed by atoms with Gasteiger partial charge >= 0.3 is 6.09 Å². The maximum atomic E-state index is 11.7. The molecule has 1 saturated carbocycles. The van der Waals surface area contributed by atoms with Gasteiger partial charge in [0.2, 0.25) is 0 Å². The molecule has 0 saturated heterocycles. The van der Waals surface area contributed by atoms with Crippen LogP contribution in [-0.4, -0.2) is 28.9 Å². The molecule has 19 heavy (non-hydrogen) atoms. The smallest absolute Gasteiger partial charge is 0.407 e. The first-order valence-electron chi connectivity index (χ1n) is 7.25. The summed E-state index contributed by atoms with van der Waals surface area (Å²) < 4.78 is 5.22. The van der Waals surface area contributed by atoms with E-state index in [1.54, 1.807) is 0 Å². The lowest BCUT2D eigenvalue weighted by Crippen LogP contribution is -2.52. The van der Waals surface area contributed by atoms with Gasteiger partial charge in [-0.2, -0.15) is 0 Å². The predicted molar refractivity (Wildman–Crippen MR) is 76.1 cm³/mol. The summed E-state index contributed by atoms with van der Waals surface area (Å²) in [6.45, 7) is 9.97. The van der Waals surface area contributed by atoms with Crippen molar-refractivity contribution in [2.75, 3.05) is 6.54 Å². The number of carbonyl (C=O) groups is 1. The van der Waals surface area contributed by atoms with Crippen molar-refractivity contribution in [1.29, 1.82) is 0 Å². The number of hydrogen-bond donors (Lipinski definition) is 2. The third-order valence-corrected chi connectivity index (χ3v) is 4.01. The van der Waals surface area contributed by atoms with E-state index in [-0.39, 0.29) is 5.41 Å². The molecule has 0 unspecified atom stereocenters. The molecule has 1 rings (SSSR count). The molecule has 0 bridgehead atoms. The Bertz CT molecular complexity index is 312. The summed E-state index contributed by atoms with van der Waals surface area (Å²) in [4.78, 5) is 11.7. The third-order valence-electron chi connectivity index (χ3n) is 4.01. The van der Waals surface area contributed by atoms with E-state index in [9.17, 15) is 9.90 Å². The Hall–Kier alpha value is -0.770. The van der Waals surface area contributed by atoms with Crippen LogP contribution in [0.2, 0.25) is 0 Å². The van der Waals surface area contributed by atoms with Crippen LogP contribution in [0.25, 0.3) is 0 Å². The number of nitrogens with one attached hydrogen (secondary N) is 1. The van der Waals surface area contributed by atoms with Crippen molar-refractivity contribution in [3.63, 3.8) is 0 Å². The third kappa shape index (κ3) is 4.68. The van der Waals surface area contributed by atoms with Crippen LogP contribution in [0.4, 0.5) is 4.79 Å². The first-order chi connectivity index (χ1) is 8.56. The summed E-state index contributed by atoms with van der Waals surface area (Å²) in [6.07, 6.45) is 4.53. The summed E-state index contributed by atoms with van der Waals surface area (Å²) in [5.41, 5.74) is -1.51. The van der Waals surface area contributed by atoms with Crippen LogP contribution >= 0.6 is 0 Å². The Morgan fingerprint density at radius 2 is 1.68 bits per heavy atom. The van der Waals surface area contributed by atoms with E-state index in [1.165, 1.54) is 6.42 Å². The minimum absolute atomic E-state index is 0.343. The Balaban J connectivity index is 2.52. The standard InChI is InChI=1S/C15H29NO3/c1-13(2,3)19-12(17)16-11-14(4,5)15(18)9-7-6-8-10-15/h18H,6-11H2,1-5H3,(H,16,17). The SMILES string of the molecule is CC(C)(C)OC(=O)NCC(C)(C)C1(O)CCCCC1. The number of rotatable bonds is 3. The van der Waals surface area contributed by atoms with E-state index in [0.29, 0.717) is 6.54 Å². The maximum Gasteiger partial charge on any atom is 0.407 e. The molecule has 0 aromatic carbocycles. The normalized spacial score (nSPS) is 19.9. The van der Waals surface area contributed by atoms with Crippen LogP contribution < -0.4 is 5.32 Å². The number of carbonyl (C=O) groups excluding carboxylic acids is 1. The summed E-state index contributed by atoms with van der Waals surface area (Å²) in [5, 5.41) is 13.5. The highest BCUT2D eigenvalue weighted by Gasteiger charge is 2.44. The zero-order valence-corrected chi connectivity index (χ0v) is 13.0. The van der Waals surface area contributed by atoms with Gasteiger partial charge in [0.15, 0.2) is 0 Å². The number of aliphatic hydroxyl groups is 1. The Morgan fingerprint density at radius 1 is 1.16 bits per heavy atom. The highest BCUT2D eigenvalue weighted by Crippen LogP contribution is 2.41. The second-order valence-electron chi connectivity index (χ2n) is 7.33. The van der Waals surface area contributed by atoms with Crippen LogP contribution in [-0.2, 0) is 4.74 Å². The van der Waals surface area contributed by atoms with Gasteiger partial charge in [-0.1, -0.05) is 33.1 Å². The van der Waals surface area contributed by atoms with Gasteiger partial charge in [0.05, 0.1) is 5.60 Å². The van der Waals surface area contributed by atoms with Crippen molar-refractivity contribution in [2.45, 2.75) is 77.9 Å². The minimum Gasteiger partial charge on any atom is -0.444 e. The molecule has 1 aliphatic carbocycles. The lowest BCUT2D eigenvalue weighted by molar-refractivity contribution is -0.0917. The van der Waals surface area contributed by atoms with Gasteiger partial charge in [-0.25, -0.2) is 4.79 Å². The Morgan fingerprint density at radius 3 is 2.16 bits per heavy atom. The van der Waals surface area contributed by atoms with Crippen molar-refractivity contribution in [2.24, 2.45) is 5.41 Å². The molecule has 112 valence electrons. The fourth-order valence-electron chi connectivity index (χ4n) is 2.59. The molecule has 0 radical (unpaired) electrons. The summed E-state index contributed by atoms with van der Waals surface area (Å²) in [6, 6.07) is 0. The van der Waals surface area contributed by atoms with Gasteiger partial charge in [0.25, 0.3) is 0 Å². The molecule has 0 heterocycles. The maximum absolute atomic E-state index is 11.7. The molecule has 0 aromatic heterocycles. The Labute approximate surface area is 116 Å². The quantitative estimate of drug-likeness (QED) is 0.828. The van der Waals surface area contributed by atoms with Gasteiger partial charge < -0.3 is 15.2 Å². The highest BCUT2D eigenvalue weighted by atomic mass is 16.6. The van der Waals surface area contributed by atoms with Crippen LogP contribution in [0.15, 0.2) is 0 Å². The molecule has 1 fully saturated rings. The molecule has 0 atom stereocenters. The zero-order chi connectivity index (χ0) is 14.7. The largest absolute Gasteiger partial charge is 0.444 e. The van der Waals surface area contributed by atoms with Crippen molar-refractivity contribution in [3.8, 4) is 0 Å². The van der Waals surface area contributed by atoms with Crippen LogP contribution in [0.1, 0.15) is 66.7 Å². The molecular formula is C15H29NO3. The van der Waals surface area contributed by atoms with Gasteiger partial charge in [-0.05, 0) is 33.6 Å². The van der Waals surface area contributed by atoms with Gasteiger partial charge in [0.1, 0.15) is 5.60 Å². The topological polar surface area (TPSA) is 58.6 Å². The van der Waals surface area contributed by atoms with Crippen molar-refractivity contribution < 1.29 is 14.6 Å². The lowest BCUT2D eigenvalue weighted by atomic mass is 9.67. The van der Waals surface area contributed by atoms with Crippen LogP contribution in [0.3, 0.4) is 0 Å². The fourth-order valence-corrected chi connectivity index (χ4v) is 2.59. The average molecular weight is 271 g/mol. The second-order valence-corrected chi connectivity index (χ2v) is 7.33. The molecule has 4 heteroatoms. The van der Waals surface area contributed by atoms with E-state index < -0.39 is 17.3 Å². The summed E-state index contributed by atoms with van der Waals surface area (Å²) in [5.74, 6) is 0. The number of hydrogen-bond acceptors (Lipinski definition) is 3. The monoisotopic (exact) mass is 271 g/mol. The summed E-state index contributed by atoms with van der Waals surface area (Å²) >= 11 is 0. The van der Waals surface area contributed by atoms with Gasteiger partial charge in [-0.15, -0.1) is 0 Å². The zero-order valence-electron chi connectivity index (χ0n) is 13.0. The van der Waals surface area contributed by atoms with Crippen molar-refractivity contribution in [3.05, 3.63) is 0 Å². The number of alkyl carbamates (subject to hydrolysis) is 1. The highest BCUT2D eigenvalue weighted by molar-refractivity contribution is 5.67. The predicted octanol–water partition coefficient (Wildman–Crippen LogP) is 3.23. The first-order valence-corrected chi connectivity index (χ1v) is 7.25. The molecule has 0 aliphatic heterocycles. The molecule has 1 amide bonds. The van der Waals surface area contributed by atoms with Crippen LogP contribution in [0, 0.1) is 5.41 Å². The molecule has 4 nitrogen and oxygen atoms in total. The van der Waals surface area contributed by atoms with Gasteiger partial charge in [0, 0.05) is 12.0 Å². The van der Waals surface area contributed by atoms with E-state index in [0.717, 1.165) is 25.7 Å². The first kappa shape index (κ1) is 16.3. The fraction of sp³-hybridized carbons (Fsp3) is 0.933. The van der Waals surface area contributed by atoms with E-state index in [2.05, 4.69) is 5.32 Å². The number of amides is 1. The average Bonchev–Trinajstić information content (AvgIpc) is 2.25. The van der Waals surface area contributed by atoms with E-state index in [4.69, 9.17) is 4.74 Å². The van der Waals surface area contributed by atoms with Gasteiger partial charge in [-0.3, -0.25) is 0 Å². The van der Waals surface area contributed by atoms with Crippen LogP contribution in [0.5, 0.6) is 0 Å². The van der Waals surface area contributed by atoms with E-state index in [1.807, 2.05) is 34.6 Å². The number of ether oxygens (including phenoxy) is 1. The lowest BCUT2D eigenvalue weighted by Gasteiger charge is -2.45. The summed E-state index contributed by atoms with van der Waals surface area (Å²) in [7, 11) is 0. The second kappa shape index (κ2) is 5.70. The molecule has 1 aliphatic rings. The molecular weight excluding hydrogens is 242 g/mol. The molecule has 0 aromatic rings. The van der Waals surface area contributed by atoms with Crippen molar-refractivity contribution in [1.82, 2.24) is 5.32 Å². The minimum atomic E-state index is -0.680. The van der Waals surface area contributed by atoms with E-state index >= 15 is 0 Å².